The molecule has 0 aromatic heterocycles. The van der Waals surface area contributed by atoms with Gasteiger partial charge in [-0.15, -0.1) is 0 Å². The Labute approximate surface area is 120 Å². The summed E-state index contributed by atoms with van der Waals surface area (Å²) in [6.45, 7) is 8.12. The lowest BCUT2D eigenvalue weighted by Gasteiger charge is -2.36. The van der Waals surface area contributed by atoms with E-state index in [1.807, 2.05) is 13.8 Å². The molecule has 1 saturated heterocycles. The predicted molar refractivity (Wildman–Crippen MR) is 79.1 cm³/mol. The van der Waals surface area contributed by atoms with Crippen molar-refractivity contribution in [3.8, 4) is 0 Å². The number of aryl methyl sites for hydroxylation is 2. The van der Waals surface area contributed by atoms with Crippen molar-refractivity contribution in [2.24, 2.45) is 0 Å². The van der Waals surface area contributed by atoms with Crippen LogP contribution >= 0.6 is 0 Å². The first kappa shape index (κ1) is 15.3. The molecular weight excluding hydrogens is 276 g/mol. The maximum Gasteiger partial charge on any atom is 0.244 e. The van der Waals surface area contributed by atoms with Crippen molar-refractivity contribution in [2.75, 3.05) is 18.9 Å². The van der Waals surface area contributed by atoms with Crippen molar-refractivity contribution in [3.05, 3.63) is 23.3 Å². The number of morpholine rings is 1. The molecule has 0 bridgehead atoms. The lowest BCUT2D eigenvalue weighted by Crippen LogP contribution is -2.50. The molecule has 2 rings (SSSR count). The van der Waals surface area contributed by atoms with Crippen LogP contribution in [-0.4, -0.2) is 38.0 Å². The van der Waals surface area contributed by atoms with Gasteiger partial charge in [0.2, 0.25) is 10.0 Å². The third kappa shape index (κ3) is 2.68. The Morgan fingerprint density at radius 2 is 1.80 bits per heavy atom. The highest BCUT2D eigenvalue weighted by atomic mass is 32.2. The minimum absolute atomic E-state index is 0.0876. The number of nitrogens with two attached hydrogens (primary N) is 1. The number of hydrogen-bond donors (Lipinski definition) is 1. The first-order valence-electron chi connectivity index (χ1n) is 6.73. The zero-order chi connectivity index (χ0) is 15.1. The van der Waals surface area contributed by atoms with Crippen LogP contribution in [0, 0.1) is 13.8 Å². The van der Waals surface area contributed by atoms with Crippen LogP contribution in [0.5, 0.6) is 0 Å². The van der Waals surface area contributed by atoms with E-state index in [-0.39, 0.29) is 12.1 Å². The van der Waals surface area contributed by atoms with Crippen molar-refractivity contribution in [3.63, 3.8) is 0 Å². The number of nitrogens with zero attached hydrogens (tertiary/aromatic N) is 1. The largest absolute Gasteiger partial charge is 0.399 e. The molecule has 6 heteroatoms. The van der Waals surface area contributed by atoms with Crippen molar-refractivity contribution in [1.82, 2.24) is 4.31 Å². The van der Waals surface area contributed by atoms with E-state index in [2.05, 4.69) is 0 Å². The van der Waals surface area contributed by atoms with Gasteiger partial charge in [-0.25, -0.2) is 8.42 Å². The van der Waals surface area contributed by atoms with Gasteiger partial charge in [0.05, 0.1) is 17.6 Å². The fourth-order valence-corrected chi connectivity index (χ4v) is 4.82. The predicted octanol–water partition coefficient (Wildman–Crippen LogP) is 1.68. The van der Waals surface area contributed by atoms with E-state index in [1.165, 1.54) is 4.31 Å². The van der Waals surface area contributed by atoms with Gasteiger partial charge in [-0.2, -0.15) is 4.31 Å². The van der Waals surface area contributed by atoms with Crippen LogP contribution < -0.4 is 5.73 Å². The molecule has 1 fully saturated rings. The molecule has 0 spiro atoms. The number of nitrogen functional groups attached to an aromatic ring is 1. The average molecular weight is 298 g/mol. The molecule has 0 aliphatic carbocycles. The normalized spacial score (nSPS) is 24.8. The molecule has 0 radical (unpaired) electrons. The Morgan fingerprint density at radius 3 is 2.35 bits per heavy atom. The van der Waals surface area contributed by atoms with Gasteiger partial charge in [0, 0.05) is 18.3 Å². The quantitative estimate of drug-likeness (QED) is 0.843. The zero-order valence-electron chi connectivity index (χ0n) is 12.4. The fourth-order valence-electron chi connectivity index (χ4n) is 2.72. The third-order valence-corrected chi connectivity index (χ3v) is 5.89. The molecule has 2 N–H and O–H groups in total. The maximum atomic E-state index is 12.9. The number of hydrogen-bond acceptors (Lipinski definition) is 4. The third-order valence-electron chi connectivity index (χ3n) is 3.60. The second-order valence-electron chi connectivity index (χ2n) is 5.55. The van der Waals surface area contributed by atoms with Gasteiger partial charge in [-0.3, -0.25) is 0 Å². The standard InChI is InChI=1S/C14H22N2O3S/c1-9-5-13(15)6-10(2)14(9)20(17,18)16-7-12(4)19-8-11(16)3/h5-6,11-12H,7-8,15H2,1-4H3. The van der Waals surface area contributed by atoms with Gasteiger partial charge >= 0.3 is 0 Å². The van der Waals surface area contributed by atoms with Crippen molar-refractivity contribution < 1.29 is 13.2 Å². The lowest BCUT2D eigenvalue weighted by atomic mass is 10.1. The highest BCUT2D eigenvalue weighted by Crippen LogP contribution is 2.29. The molecule has 1 aromatic rings. The monoisotopic (exact) mass is 298 g/mol. The van der Waals surface area contributed by atoms with Gasteiger partial charge in [-0.05, 0) is 51.0 Å². The molecular formula is C14H22N2O3S. The fraction of sp³-hybridized carbons (Fsp3) is 0.571. The second-order valence-corrected chi connectivity index (χ2v) is 7.38. The minimum Gasteiger partial charge on any atom is -0.399 e. The van der Waals surface area contributed by atoms with Crippen LogP contribution in [0.15, 0.2) is 17.0 Å². The SMILES string of the molecule is Cc1cc(N)cc(C)c1S(=O)(=O)N1CC(C)OCC1C. The molecule has 1 aromatic carbocycles. The summed E-state index contributed by atoms with van der Waals surface area (Å²) in [6.07, 6.45) is -0.0876. The molecule has 2 unspecified atom stereocenters. The highest BCUT2D eigenvalue weighted by Gasteiger charge is 2.35. The Kier molecular flexibility index (Phi) is 4.09. The number of sulfonamides is 1. The van der Waals surface area contributed by atoms with E-state index in [9.17, 15) is 8.42 Å². The summed E-state index contributed by atoms with van der Waals surface area (Å²) in [5.74, 6) is 0. The molecule has 0 amide bonds. The van der Waals surface area contributed by atoms with Gasteiger partial charge in [0.1, 0.15) is 0 Å². The van der Waals surface area contributed by atoms with Gasteiger partial charge in [0.25, 0.3) is 0 Å². The first-order valence-corrected chi connectivity index (χ1v) is 8.17. The molecule has 0 saturated carbocycles. The summed E-state index contributed by atoms with van der Waals surface area (Å²) >= 11 is 0. The Morgan fingerprint density at radius 1 is 1.25 bits per heavy atom. The van der Waals surface area contributed by atoms with Crippen LogP contribution in [-0.2, 0) is 14.8 Å². The van der Waals surface area contributed by atoms with E-state index in [0.717, 1.165) is 0 Å². The van der Waals surface area contributed by atoms with Crippen molar-refractivity contribution in [1.29, 1.82) is 0 Å². The van der Waals surface area contributed by atoms with Crippen LogP contribution in [0.25, 0.3) is 0 Å². The molecule has 1 aliphatic heterocycles. The number of benzene rings is 1. The van der Waals surface area contributed by atoms with Gasteiger partial charge in [0.15, 0.2) is 0 Å². The van der Waals surface area contributed by atoms with Crippen LogP contribution in [0.2, 0.25) is 0 Å². The van der Waals surface area contributed by atoms with Crippen LogP contribution in [0.1, 0.15) is 25.0 Å². The number of rotatable bonds is 2. The minimum atomic E-state index is -3.52. The first-order chi connectivity index (χ1) is 9.23. The molecule has 1 aliphatic rings. The summed E-state index contributed by atoms with van der Waals surface area (Å²) in [5.41, 5.74) is 7.73. The van der Waals surface area contributed by atoms with E-state index in [1.54, 1.807) is 26.0 Å². The smallest absolute Gasteiger partial charge is 0.244 e. The van der Waals surface area contributed by atoms with Crippen LogP contribution in [0.4, 0.5) is 5.69 Å². The number of ether oxygens (including phenoxy) is 1. The Balaban J connectivity index is 2.50. The molecule has 1 heterocycles. The van der Waals surface area contributed by atoms with E-state index >= 15 is 0 Å². The van der Waals surface area contributed by atoms with Crippen molar-refractivity contribution >= 4 is 15.7 Å². The lowest BCUT2D eigenvalue weighted by molar-refractivity contribution is -0.0170. The van der Waals surface area contributed by atoms with Gasteiger partial charge in [-0.1, -0.05) is 0 Å². The van der Waals surface area contributed by atoms with E-state index in [4.69, 9.17) is 10.5 Å². The molecule has 5 nitrogen and oxygen atoms in total. The summed E-state index contributed by atoms with van der Waals surface area (Å²) in [7, 11) is -3.52. The number of anilines is 1. The van der Waals surface area contributed by atoms with E-state index < -0.39 is 10.0 Å². The van der Waals surface area contributed by atoms with Gasteiger partial charge < -0.3 is 10.5 Å². The second kappa shape index (κ2) is 5.35. The maximum absolute atomic E-state index is 12.9. The van der Waals surface area contributed by atoms with E-state index in [0.29, 0.717) is 34.9 Å². The van der Waals surface area contributed by atoms with Crippen molar-refractivity contribution in [2.45, 2.75) is 44.7 Å². The summed E-state index contributed by atoms with van der Waals surface area (Å²) in [4.78, 5) is 0.368. The highest BCUT2D eigenvalue weighted by molar-refractivity contribution is 7.89. The molecule has 20 heavy (non-hydrogen) atoms. The van der Waals surface area contributed by atoms with Crippen LogP contribution in [0.3, 0.4) is 0 Å². The molecule has 112 valence electrons. The summed E-state index contributed by atoms with van der Waals surface area (Å²) < 4.78 is 32.9. The topological polar surface area (TPSA) is 72.6 Å². The summed E-state index contributed by atoms with van der Waals surface area (Å²) in [6, 6.07) is 3.25. The Bertz CT molecular complexity index is 590. The molecule has 2 atom stereocenters. The average Bonchev–Trinajstić information content (AvgIpc) is 2.30. The zero-order valence-corrected chi connectivity index (χ0v) is 13.2. The Hall–Kier alpha value is -1.11. The summed E-state index contributed by atoms with van der Waals surface area (Å²) in [5, 5.41) is 0.